The summed E-state index contributed by atoms with van der Waals surface area (Å²) in [6.45, 7) is 0.563. The average molecular weight is 232 g/mol. The van der Waals surface area contributed by atoms with Crippen LogP contribution in [-0.2, 0) is 7.05 Å². The van der Waals surface area contributed by atoms with Crippen LogP contribution in [0.5, 0.6) is 5.75 Å². The molecule has 1 aromatic carbocycles. The molecule has 0 saturated carbocycles. The fourth-order valence-corrected chi connectivity index (χ4v) is 1.97. The SMILES string of the molecule is Cn1ncnc1C(CCN)c1cccc(O)c1. The monoisotopic (exact) mass is 232 g/mol. The molecule has 0 aliphatic carbocycles. The Bertz CT molecular complexity index is 495. The Labute approximate surface area is 99.9 Å². The maximum atomic E-state index is 9.52. The summed E-state index contributed by atoms with van der Waals surface area (Å²) in [4.78, 5) is 4.26. The topological polar surface area (TPSA) is 77.0 Å². The normalized spacial score (nSPS) is 12.6. The lowest BCUT2D eigenvalue weighted by molar-refractivity contribution is 0.473. The Morgan fingerprint density at radius 3 is 2.88 bits per heavy atom. The molecule has 90 valence electrons. The number of phenolic OH excluding ortho intramolecular Hbond substituents is 1. The van der Waals surface area contributed by atoms with E-state index in [0.29, 0.717) is 6.54 Å². The van der Waals surface area contributed by atoms with Crippen molar-refractivity contribution in [2.24, 2.45) is 12.8 Å². The van der Waals surface area contributed by atoms with Gasteiger partial charge in [0.1, 0.15) is 17.9 Å². The van der Waals surface area contributed by atoms with Crippen LogP contribution in [0.3, 0.4) is 0 Å². The predicted molar refractivity (Wildman–Crippen MR) is 64.6 cm³/mol. The minimum absolute atomic E-state index is 0.0691. The van der Waals surface area contributed by atoms with Crippen LogP contribution in [0, 0.1) is 0 Å². The van der Waals surface area contributed by atoms with Gasteiger partial charge in [-0.1, -0.05) is 12.1 Å². The predicted octanol–water partition coefficient (Wildman–Crippen LogP) is 1.00. The Balaban J connectivity index is 2.39. The highest BCUT2D eigenvalue weighted by Gasteiger charge is 2.18. The molecule has 2 rings (SSSR count). The molecule has 1 aromatic heterocycles. The van der Waals surface area contributed by atoms with Gasteiger partial charge in [-0.3, -0.25) is 4.68 Å². The van der Waals surface area contributed by atoms with E-state index < -0.39 is 0 Å². The van der Waals surface area contributed by atoms with Crippen molar-refractivity contribution in [1.82, 2.24) is 14.8 Å². The second-order valence-corrected chi connectivity index (χ2v) is 3.97. The van der Waals surface area contributed by atoms with E-state index >= 15 is 0 Å². The second kappa shape index (κ2) is 4.97. The van der Waals surface area contributed by atoms with Crippen molar-refractivity contribution in [1.29, 1.82) is 0 Å². The summed E-state index contributed by atoms with van der Waals surface area (Å²) < 4.78 is 1.74. The smallest absolute Gasteiger partial charge is 0.138 e. The summed E-state index contributed by atoms with van der Waals surface area (Å²) in [7, 11) is 1.86. The van der Waals surface area contributed by atoms with Crippen LogP contribution in [0.4, 0.5) is 0 Å². The van der Waals surface area contributed by atoms with Crippen LogP contribution >= 0.6 is 0 Å². The van der Waals surface area contributed by atoms with Crippen LogP contribution in [0.1, 0.15) is 23.7 Å². The number of nitrogens with zero attached hydrogens (tertiary/aromatic N) is 3. The summed E-state index contributed by atoms with van der Waals surface area (Å²) in [6.07, 6.45) is 2.30. The maximum Gasteiger partial charge on any atom is 0.138 e. The number of nitrogens with two attached hydrogens (primary N) is 1. The van der Waals surface area contributed by atoms with Crippen molar-refractivity contribution in [3.05, 3.63) is 42.0 Å². The minimum Gasteiger partial charge on any atom is -0.508 e. The highest BCUT2D eigenvalue weighted by atomic mass is 16.3. The summed E-state index contributed by atoms with van der Waals surface area (Å²) in [6, 6.07) is 7.19. The maximum absolute atomic E-state index is 9.52. The van der Waals surface area contributed by atoms with Gasteiger partial charge in [-0.2, -0.15) is 5.10 Å². The zero-order chi connectivity index (χ0) is 12.3. The Kier molecular flexibility index (Phi) is 3.39. The molecule has 3 N–H and O–H groups in total. The number of aromatic hydroxyl groups is 1. The molecular formula is C12H16N4O. The van der Waals surface area contributed by atoms with E-state index in [9.17, 15) is 5.11 Å². The molecule has 1 heterocycles. The molecule has 5 nitrogen and oxygen atoms in total. The lowest BCUT2D eigenvalue weighted by Crippen LogP contribution is -2.13. The largest absolute Gasteiger partial charge is 0.508 e. The van der Waals surface area contributed by atoms with E-state index in [1.54, 1.807) is 16.8 Å². The van der Waals surface area contributed by atoms with E-state index in [0.717, 1.165) is 17.8 Å². The van der Waals surface area contributed by atoms with E-state index in [1.165, 1.54) is 6.33 Å². The average Bonchev–Trinajstić information content (AvgIpc) is 2.72. The highest BCUT2D eigenvalue weighted by Crippen LogP contribution is 2.27. The van der Waals surface area contributed by atoms with Crippen molar-refractivity contribution in [3.63, 3.8) is 0 Å². The number of aryl methyl sites for hydroxylation is 1. The van der Waals surface area contributed by atoms with Gasteiger partial charge in [-0.25, -0.2) is 4.98 Å². The van der Waals surface area contributed by atoms with Crippen LogP contribution in [-0.4, -0.2) is 26.4 Å². The van der Waals surface area contributed by atoms with Crippen LogP contribution < -0.4 is 5.73 Å². The van der Waals surface area contributed by atoms with Gasteiger partial charge in [0.2, 0.25) is 0 Å². The molecule has 0 spiro atoms. The first-order chi connectivity index (χ1) is 8.22. The molecule has 17 heavy (non-hydrogen) atoms. The molecule has 5 heteroatoms. The number of hydrogen-bond donors (Lipinski definition) is 2. The Morgan fingerprint density at radius 1 is 1.47 bits per heavy atom. The van der Waals surface area contributed by atoms with Gasteiger partial charge < -0.3 is 10.8 Å². The molecule has 1 atom stereocenters. The zero-order valence-corrected chi connectivity index (χ0v) is 9.74. The van der Waals surface area contributed by atoms with Gasteiger partial charge in [-0.05, 0) is 30.7 Å². The minimum atomic E-state index is 0.0691. The van der Waals surface area contributed by atoms with E-state index in [-0.39, 0.29) is 11.7 Å². The van der Waals surface area contributed by atoms with Crippen molar-refractivity contribution in [2.75, 3.05) is 6.54 Å². The summed E-state index contributed by atoms with van der Waals surface area (Å²) >= 11 is 0. The van der Waals surface area contributed by atoms with Crippen molar-refractivity contribution in [3.8, 4) is 5.75 Å². The van der Waals surface area contributed by atoms with E-state index in [2.05, 4.69) is 10.1 Å². The van der Waals surface area contributed by atoms with Gasteiger partial charge in [0, 0.05) is 13.0 Å². The lowest BCUT2D eigenvalue weighted by Gasteiger charge is -2.15. The molecule has 0 fully saturated rings. The molecule has 0 radical (unpaired) electrons. The first-order valence-electron chi connectivity index (χ1n) is 5.55. The standard InChI is InChI=1S/C12H16N4O/c1-16-12(14-8-15-16)11(5-6-13)9-3-2-4-10(17)7-9/h2-4,7-8,11,17H,5-6,13H2,1H3. The second-order valence-electron chi connectivity index (χ2n) is 3.97. The van der Waals surface area contributed by atoms with Crippen molar-refractivity contribution in [2.45, 2.75) is 12.3 Å². The quantitative estimate of drug-likeness (QED) is 0.824. The Morgan fingerprint density at radius 2 is 2.29 bits per heavy atom. The molecule has 0 saturated heterocycles. The summed E-state index contributed by atoms with van der Waals surface area (Å²) in [5, 5.41) is 13.6. The highest BCUT2D eigenvalue weighted by molar-refractivity contribution is 5.32. The number of hydrogen-bond acceptors (Lipinski definition) is 4. The molecule has 2 aromatic rings. The summed E-state index contributed by atoms with van der Waals surface area (Å²) in [5.74, 6) is 1.19. The van der Waals surface area contributed by atoms with Crippen LogP contribution in [0.15, 0.2) is 30.6 Å². The van der Waals surface area contributed by atoms with Gasteiger partial charge in [0.15, 0.2) is 0 Å². The lowest BCUT2D eigenvalue weighted by atomic mass is 9.94. The molecular weight excluding hydrogens is 216 g/mol. The number of aromatic nitrogens is 3. The third kappa shape index (κ3) is 2.45. The van der Waals surface area contributed by atoms with Gasteiger partial charge in [-0.15, -0.1) is 0 Å². The van der Waals surface area contributed by atoms with E-state index in [4.69, 9.17) is 5.73 Å². The molecule has 0 bridgehead atoms. The number of phenols is 1. The van der Waals surface area contributed by atoms with Gasteiger partial charge in [0.05, 0.1) is 0 Å². The van der Waals surface area contributed by atoms with Gasteiger partial charge in [0.25, 0.3) is 0 Å². The Hall–Kier alpha value is -1.88. The number of rotatable bonds is 4. The fourth-order valence-electron chi connectivity index (χ4n) is 1.97. The van der Waals surface area contributed by atoms with Crippen LogP contribution in [0.25, 0.3) is 0 Å². The van der Waals surface area contributed by atoms with Crippen molar-refractivity contribution >= 4 is 0 Å². The van der Waals surface area contributed by atoms with Crippen LogP contribution in [0.2, 0.25) is 0 Å². The first-order valence-corrected chi connectivity index (χ1v) is 5.55. The first kappa shape index (κ1) is 11.6. The third-order valence-electron chi connectivity index (χ3n) is 2.79. The van der Waals surface area contributed by atoms with E-state index in [1.807, 2.05) is 19.2 Å². The molecule has 1 unspecified atom stereocenters. The molecule has 0 aliphatic rings. The zero-order valence-electron chi connectivity index (χ0n) is 9.74. The number of benzene rings is 1. The fraction of sp³-hybridized carbons (Fsp3) is 0.333. The third-order valence-corrected chi connectivity index (χ3v) is 2.79. The summed E-state index contributed by atoms with van der Waals surface area (Å²) in [5.41, 5.74) is 6.65. The molecule has 0 amide bonds. The van der Waals surface area contributed by atoms with Gasteiger partial charge >= 0.3 is 0 Å². The van der Waals surface area contributed by atoms with Crippen molar-refractivity contribution < 1.29 is 5.11 Å². The molecule has 0 aliphatic heterocycles.